The fraction of sp³-hybridized carbons (Fsp3) is 0.571. The Hall–Kier alpha value is -0.980. The van der Waals surface area contributed by atoms with E-state index in [1.165, 1.54) is 0 Å². The van der Waals surface area contributed by atoms with Crippen molar-refractivity contribution in [2.45, 2.75) is 37.0 Å². The molecule has 0 saturated carbocycles. The molecule has 0 aromatic heterocycles. The third-order valence-corrected chi connectivity index (χ3v) is 3.83. The van der Waals surface area contributed by atoms with Crippen molar-refractivity contribution < 1.29 is 23.7 Å². The van der Waals surface area contributed by atoms with Crippen molar-refractivity contribution in [3.63, 3.8) is 0 Å². The average molecular weight is 264 g/mol. The van der Waals surface area contributed by atoms with Gasteiger partial charge < -0.3 is 23.7 Å². The fourth-order valence-electron chi connectivity index (χ4n) is 2.80. The molecule has 3 heterocycles. The van der Waals surface area contributed by atoms with E-state index in [0.717, 1.165) is 5.56 Å². The molecule has 102 valence electrons. The maximum absolute atomic E-state index is 6.00. The second-order valence-electron chi connectivity index (χ2n) is 5.02. The number of rotatable bonds is 2. The first kappa shape index (κ1) is 11.8. The Labute approximate surface area is 111 Å². The molecule has 1 aromatic rings. The first-order valence-electron chi connectivity index (χ1n) is 6.52. The maximum atomic E-state index is 6.00. The van der Waals surface area contributed by atoms with Gasteiger partial charge in [-0.2, -0.15) is 0 Å². The van der Waals surface area contributed by atoms with Crippen LogP contribution in [0.5, 0.6) is 0 Å². The lowest BCUT2D eigenvalue weighted by Gasteiger charge is -2.39. The van der Waals surface area contributed by atoms with Crippen LogP contribution in [-0.2, 0) is 23.7 Å². The average Bonchev–Trinajstić information content (AvgIpc) is 3.27. The lowest BCUT2D eigenvalue weighted by molar-refractivity contribution is -0.304. The van der Waals surface area contributed by atoms with Gasteiger partial charge in [0.05, 0.1) is 6.61 Å². The minimum atomic E-state index is -0.338. The SMILES string of the molecule is CO[C@H]1O[C@@H]2COC(c3ccccc3)O[C@H]2[C@@H]2O[C@H]12. The van der Waals surface area contributed by atoms with Crippen LogP contribution in [0.4, 0.5) is 0 Å². The number of ether oxygens (including phenoxy) is 5. The molecule has 0 spiro atoms. The summed E-state index contributed by atoms with van der Waals surface area (Å²) in [4.78, 5) is 0. The minimum absolute atomic E-state index is 0.000716. The van der Waals surface area contributed by atoms with Gasteiger partial charge in [-0.15, -0.1) is 0 Å². The summed E-state index contributed by atoms with van der Waals surface area (Å²) in [5.74, 6) is 0. The predicted molar refractivity (Wildman–Crippen MR) is 64.3 cm³/mol. The van der Waals surface area contributed by atoms with Crippen LogP contribution in [0, 0.1) is 0 Å². The van der Waals surface area contributed by atoms with E-state index in [4.69, 9.17) is 23.7 Å². The molecule has 1 aromatic carbocycles. The molecule has 3 fully saturated rings. The number of epoxide rings is 1. The molecular weight excluding hydrogens is 248 g/mol. The lowest BCUT2D eigenvalue weighted by Crippen LogP contribution is -2.52. The Morgan fingerprint density at radius 1 is 1.00 bits per heavy atom. The Balaban J connectivity index is 1.50. The van der Waals surface area contributed by atoms with Gasteiger partial charge in [-0.25, -0.2) is 0 Å². The van der Waals surface area contributed by atoms with Gasteiger partial charge in [0.15, 0.2) is 12.6 Å². The second-order valence-corrected chi connectivity index (χ2v) is 5.02. The van der Waals surface area contributed by atoms with Gasteiger partial charge >= 0.3 is 0 Å². The summed E-state index contributed by atoms with van der Waals surface area (Å²) in [7, 11) is 1.63. The Kier molecular flexibility index (Phi) is 2.82. The Morgan fingerprint density at radius 3 is 2.63 bits per heavy atom. The predicted octanol–water partition coefficient (Wildman–Crippen LogP) is 1.24. The summed E-state index contributed by atoms with van der Waals surface area (Å²) >= 11 is 0. The van der Waals surface area contributed by atoms with Crippen LogP contribution >= 0.6 is 0 Å². The molecule has 0 radical (unpaired) electrons. The Morgan fingerprint density at radius 2 is 1.84 bits per heavy atom. The van der Waals surface area contributed by atoms with Gasteiger partial charge in [-0.05, 0) is 0 Å². The van der Waals surface area contributed by atoms with Crippen molar-refractivity contribution in [2.24, 2.45) is 0 Å². The van der Waals surface area contributed by atoms with Crippen LogP contribution in [0.1, 0.15) is 11.9 Å². The highest BCUT2D eigenvalue weighted by Gasteiger charge is 2.60. The number of hydrogen-bond acceptors (Lipinski definition) is 5. The van der Waals surface area contributed by atoms with E-state index in [0.29, 0.717) is 6.61 Å². The van der Waals surface area contributed by atoms with E-state index < -0.39 is 0 Å². The fourth-order valence-corrected chi connectivity index (χ4v) is 2.80. The number of hydrogen-bond donors (Lipinski definition) is 0. The monoisotopic (exact) mass is 264 g/mol. The molecule has 0 aliphatic carbocycles. The van der Waals surface area contributed by atoms with E-state index in [1.54, 1.807) is 7.11 Å². The van der Waals surface area contributed by atoms with Gasteiger partial charge in [0.2, 0.25) is 0 Å². The van der Waals surface area contributed by atoms with Crippen molar-refractivity contribution in [3.8, 4) is 0 Å². The zero-order valence-corrected chi connectivity index (χ0v) is 10.6. The van der Waals surface area contributed by atoms with Crippen LogP contribution in [0.3, 0.4) is 0 Å². The molecule has 19 heavy (non-hydrogen) atoms. The highest BCUT2D eigenvalue weighted by Crippen LogP contribution is 2.43. The summed E-state index contributed by atoms with van der Waals surface area (Å²) in [6, 6.07) is 9.92. The van der Waals surface area contributed by atoms with Gasteiger partial charge in [-0.1, -0.05) is 30.3 Å². The summed E-state index contributed by atoms with van der Waals surface area (Å²) in [6.45, 7) is 0.497. The topological polar surface area (TPSA) is 49.5 Å². The van der Waals surface area contributed by atoms with Crippen LogP contribution < -0.4 is 0 Å². The van der Waals surface area contributed by atoms with Gasteiger partial charge in [-0.3, -0.25) is 0 Å². The largest absolute Gasteiger partial charge is 0.361 e. The molecule has 0 bridgehead atoms. The molecule has 0 N–H and O–H groups in total. The van der Waals surface area contributed by atoms with E-state index in [9.17, 15) is 0 Å². The number of fused-ring (bicyclic) bond motifs is 3. The molecule has 3 aliphatic heterocycles. The normalized spacial score (nSPS) is 44.3. The van der Waals surface area contributed by atoms with Crippen LogP contribution in [-0.4, -0.2) is 44.4 Å². The zero-order chi connectivity index (χ0) is 12.8. The third kappa shape index (κ3) is 1.98. The maximum Gasteiger partial charge on any atom is 0.186 e. The van der Waals surface area contributed by atoms with Crippen LogP contribution in [0.25, 0.3) is 0 Å². The van der Waals surface area contributed by atoms with Crippen molar-refractivity contribution in [3.05, 3.63) is 35.9 Å². The van der Waals surface area contributed by atoms with Crippen molar-refractivity contribution in [1.82, 2.24) is 0 Å². The molecule has 3 saturated heterocycles. The summed E-state index contributed by atoms with van der Waals surface area (Å²) in [5, 5.41) is 0. The smallest absolute Gasteiger partial charge is 0.186 e. The van der Waals surface area contributed by atoms with Crippen molar-refractivity contribution in [2.75, 3.05) is 13.7 Å². The summed E-state index contributed by atoms with van der Waals surface area (Å²) in [5.41, 5.74) is 1.02. The van der Waals surface area contributed by atoms with Crippen LogP contribution in [0.2, 0.25) is 0 Å². The molecule has 5 heteroatoms. The third-order valence-electron chi connectivity index (χ3n) is 3.83. The van der Waals surface area contributed by atoms with E-state index >= 15 is 0 Å². The second kappa shape index (κ2) is 4.54. The molecular formula is C14H16O5. The quantitative estimate of drug-likeness (QED) is 0.752. The highest BCUT2D eigenvalue weighted by atomic mass is 16.8. The minimum Gasteiger partial charge on any atom is -0.361 e. The lowest BCUT2D eigenvalue weighted by atomic mass is 10.0. The highest BCUT2D eigenvalue weighted by molar-refractivity contribution is 5.17. The first-order valence-corrected chi connectivity index (χ1v) is 6.52. The molecule has 3 aliphatic rings. The molecule has 1 unspecified atom stereocenters. The van der Waals surface area contributed by atoms with Crippen molar-refractivity contribution in [1.29, 1.82) is 0 Å². The Bertz CT molecular complexity index is 450. The number of benzene rings is 1. The summed E-state index contributed by atoms with van der Waals surface area (Å²) < 4.78 is 28.4. The summed E-state index contributed by atoms with van der Waals surface area (Å²) in [6.07, 6.45) is -0.759. The first-order chi connectivity index (χ1) is 9.36. The van der Waals surface area contributed by atoms with E-state index in [1.807, 2.05) is 30.3 Å². The number of methoxy groups -OCH3 is 1. The van der Waals surface area contributed by atoms with Gasteiger partial charge in [0.1, 0.15) is 24.4 Å². The molecule has 5 nitrogen and oxygen atoms in total. The molecule has 0 amide bonds. The van der Waals surface area contributed by atoms with E-state index in [2.05, 4.69) is 0 Å². The zero-order valence-electron chi connectivity index (χ0n) is 10.6. The standard InChI is InChI=1S/C14H16O5/c1-15-14-12-11(18-12)10-9(17-14)7-16-13(19-10)8-5-3-2-4-6-8/h2-6,9-14H,7H2,1H3/t9-,10-,11+,12+,13?,14+/m1/s1. The molecule has 4 rings (SSSR count). The van der Waals surface area contributed by atoms with Gasteiger partial charge in [0, 0.05) is 12.7 Å². The van der Waals surface area contributed by atoms with E-state index in [-0.39, 0.29) is 37.0 Å². The molecule has 6 atom stereocenters. The van der Waals surface area contributed by atoms with Crippen molar-refractivity contribution >= 4 is 0 Å². The van der Waals surface area contributed by atoms with Crippen LogP contribution in [0.15, 0.2) is 30.3 Å². The van der Waals surface area contributed by atoms with Gasteiger partial charge in [0.25, 0.3) is 0 Å².